The lowest BCUT2D eigenvalue weighted by molar-refractivity contribution is -0.165. The van der Waals surface area contributed by atoms with E-state index >= 15 is 0 Å². The average Bonchev–Trinajstić information content (AvgIpc) is 2.82. The summed E-state index contributed by atoms with van der Waals surface area (Å²) in [7, 11) is 1.51. The molecule has 3 heteroatoms. The smallest absolute Gasteiger partial charge is 0.311 e. The maximum absolute atomic E-state index is 12.6. The van der Waals surface area contributed by atoms with Gasteiger partial charge in [-0.15, -0.1) is 0 Å². The van der Waals surface area contributed by atoms with Crippen LogP contribution in [-0.2, 0) is 9.53 Å². The van der Waals surface area contributed by atoms with Crippen molar-refractivity contribution in [3.63, 3.8) is 0 Å². The number of esters is 1. The molecule has 24 heavy (non-hydrogen) atoms. The Morgan fingerprint density at radius 3 is 2.79 bits per heavy atom. The molecule has 0 aromatic carbocycles. The lowest BCUT2D eigenvalue weighted by Crippen LogP contribution is -2.55. The number of methoxy groups -OCH3 is 1. The summed E-state index contributed by atoms with van der Waals surface area (Å²) in [5, 5.41) is 10.7. The minimum absolute atomic E-state index is 0.00396. The molecular weight excluding hydrogens is 300 g/mol. The van der Waals surface area contributed by atoms with Crippen LogP contribution in [0.1, 0.15) is 58.8 Å². The van der Waals surface area contributed by atoms with Crippen molar-refractivity contribution >= 4 is 5.97 Å². The van der Waals surface area contributed by atoms with E-state index in [9.17, 15) is 9.90 Å². The van der Waals surface area contributed by atoms with E-state index in [-0.39, 0.29) is 22.7 Å². The van der Waals surface area contributed by atoms with Gasteiger partial charge in [-0.25, -0.2) is 0 Å². The number of aliphatic hydroxyl groups excluding tert-OH is 1. The number of carbonyl (C=O) groups is 1. The summed E-state index contributed by atoms with van der Waals surface area (Å²) < 4.78 is 5.20. The second-order valence-electron chi connectivity index (χ2n) is 9.27. The van der Waals surface area contributed by atoms with Crippen LogP contribution in [-0.4, -0.2) is 24.3 Å². The molecule has 1 N–H and O–H groups in total. The number of hydrogen-bond acceptors (Lipinski definition) is 3. The fourth-order valence-electron chi connectivity index (χ4n) is 7.09. The summed E-state index contributed by atoms with van der Waals surface area (Å²) in [5.41, 5.74) is 2.45. The van der Waals surface area contributed by atoms with Gasteiger partial charge in [-0.3, -0.25) is 4.79 Å². The van der Waals surface area contributed by atoms with Crippen molar-refractivity contribution in [3.8, 4) is 0 Å². The first kappa shape index (κ1) is 16.4. The molecule has 4 aliphatic carbocycles. The Bertz CT molecular complexity index is 635. The van der Waals surface area contributed by atoms with Gasteiger partial charge in [0.25, 0.3) is 0 Å². The predicted octanol–water partition coefficient (Wildman–Crippen LogP) is 4.02. The zero-order valence-corrected chi connectivity index (χ0v) is 15.2. The molecule has 4 aliphatic rings. The summed E-state index contributed by atoms with van der Waals surface area (Å²) in [6.45, 7) is 8.71. The van der Waals surface area contributed by atoms with Crippen molar-refractivity contribution in [3.05, 3.63) is 23.8 Å². The molecule has 0 heterocycles. The predicted molar refractivity (Wildman–Crippen MR) is 93.2 cm³/mol. The van der Waals surface area contributed by atoms with Crippen molar-refractivity contribution in [1.82, 2.24) is 0 Å². The Kier molecular flexibility index (Phi) is 3.39. The van der Waals surface area contributed by atoms with Crippen molar-refractivity contribution in [2.75, 3.05) is 7.11 Å². The van der Waals surface area contributed by atoms with E-state index in [4.69, 9.17) is 4.74 Å². The maximum atomic E-state index is 12.6. The third-order valence-electron chi connectivity index (χ3n) is 8.13. The summed E-state index contributed by atoms with van der Waals surface area (Å²) in [6, 6.07) is 0. The van der Waals surface area contributed by atoms with Crippen molar-refractivity contribution in [2.45, 2.75) is 64.9 Å². The molecule has 3 fully saturated rings. The molecule has 3 saturated carbocycles. The van der Waals surface area contributed by atoms with Crippen LogP contribution in [0, 0.1) is 28.1 Å². The van der Waals surface area contributed by atoms with Gasteiger partial charge in [-0.1, -0.05) is 37.1 Å². The Labute approximate surface area is 145 Å². The van der Waals surface area contributed by atoms with Crippen LogP contribution >= 0.6 is 0 Å². The van der Waals surface area contributed by atoms with Crippen LogP contribution in [0.2, 0.25) is 0 Å². The molecule has 0 radical (unpaired) electrons. The van der Waals surface area contributed by atoms with E-state index in [2.05, 4.69) is 26.5 Å². The van der Waals surface area contributed by atoms with Gasteiger partial charge in [0, 0.05) is 5.92 Å². The molecule has 0 aromatic rings. The number of ether oxygens (including phenoxy) is 1. The summed E-state index contributed by atoms with van der Waals surface area (Å²) in [5.74, 6) is 0.491. The van der Waals surface area contributed by atoms with Gasteiger partial charge >= 0.3 is 5.97 Å². The first-order valence-corrected chi connectivity index (χ1v) is 9.44. The van der Waals surface area contributed by atoms with Gasteiger partial charge in [0.1, 0.15) is 0 Å². The Hall–Kier alpha value is -1.09. The summed E-state index contributed by atoms with van der Waals surface area (Å²) in [4.78, 5) is 12.6. The number of hydrogen-bond donors (Lipinski definition) is 1. The minimum atomic E-state index is -0.401. The molecule has 1 spiro atoms. The monoisotopic (exact) mass is 330 g/mol. The largest absolute Gasteiger partial charge is 0.469 e. The molecule has 132 valence electrons. The first-order valence-electron chi connectivity index (χ1n) is 9.44. The van der Waals surface area contributed by atoms with Gasteiger partial charge in [0.2, 0.25) is 0 Å². The zero-order chi connectivity index (χ0) is 17.3. The highest BCUT2D eigenvalue weighted by atomic mass is 16.5. The van der Waals surface area contributed by atoms with Crippen LogP contribution in [0.3, 0.4) is 0 Å². The standard InChI is InChI=1S/C21H30O3/c1-13-11-21-9-6-16-19(2,17(21)10-15(22)14(13)12-21)7-5-8-20(16,3)18(23)24-4/h10,14-16,22H,1,5-9,11-12H2,2-4H3/t14-,15-,16+,19-,20-,21-/m1/s1. The van der Waals surface area contributed by atoms with Crippen LogP contribution < -0.4 is 0 Å². The van der Waals surface area contributed by atoms with Gasteiger partial charge in [0.15, 0.2) is 0 Å². The fraction of sp³-hybridized carbons (Fsp3) is 0.762. The number of fused-ring (bicyclic) bond motifs is 3. The van der Waals surface area contributed by atoms with Gasteiger partial charge < -0.3 is 9.84 Å². The molecule has 6 atom stereocenters. The molecule has 0 saturated heterocycles. The SMILES string of the molecule is C=C1C[C@@]23CC[C@@H]4[C@](C)(C(=O)OC)CCC[C@@]4(C)C2=C[C@@H](O)[C@@H]1C3. The van der Waals surface area contributed by atoms with E-state index in [0.717, 1.165) is 44.9 Å². The average molecular weight is 330 g/mol. The van der Waals surface area contributed by atoms with E-state index in [0.29, 0.717) is 5.92 Å². The van der Waals surface area contributed by atoms with Crippen molar-refractivity contribution in [2.24, 2.45) is 28.1 Å². The topological polar surface area (TPSA) is 46.5 Å². The third kappa shape index (κ3) is 1.85. The molecule has 3 nitrogen and oxygen atoms in total. The molecule has 0 aliphatic heterocycles. The van der Waals surface area contributed by atoms with Crippen molar-refractivity contribution < 1.29 is 14.6 Å². The zero-order valence-electron chi connectivity index (χ0n) is 15.2. The Morgan fingerprint density at radius 2 is 2.08 bits per heavy atom. The lowest BCUT2D eigenvalue weighted by atomic mass is 9.44. The van der Waals surface area contributed by atoms with Crippen LogP contribution in [0.25, 0.3) is 0 Å². The van der Waals surface area contributed by atoms with E-state index in [1.54, 1.807) is 0 Å². The number of carbonyl (C=O) groups excluding carboxylic acids is 1. The van der Waals surface area contributed by atoms with Crippen LogP contribution in [0.15, 0.2) is 23.8 Å². The van der Waals surface area contributed by atoms with E-state index in [1.807, 2.05) is 0 Å². The highest BCUT2D eigenvalue weighted by molar-refractivity contribution is 5.77. The molecule has 0 aromatic heterocycles. The van der Waals surface area contributed by atoms with Gasteiger partial charge in [0.05, 0.1) is 18.6 Å². The number of rotatable bonds is 1. The van der Waals surface area contributed by atoms with E-state index in [1.165, 1.54) is 18.3 Å². The lowest BCUT2D eigenvalue weighted by Gasteiger charge is -2.60. The fourth-order valence-corrected chi connectivity index (χ4v) is 7.09. The quantitative estimate of drug-likeness (QED) is 0.583. The molecular formula is C21H30O3. The molecule has 0 unspecified atom stereocenters. The van der Waals surface area contributed by atoms with Crippen LogP contribution in [0.5, 0.6) is 0 Å². The first-order chi connectivity index (χ1) is 11.3. The highest BCUT2D eigenvalue weighted by Gasteiger charge is 2.63. The van der Waals surface area contributed by atoms with Gasteiger partial charge in [-0.05, 0) is 62.2 Å². The minimum Gasteiger partial charge on any atom is -0.469 e. The molecule has 2 bridgehead atoms. The van der Waals surface area contributed by atoms with Crippen LogP contribution in [0.4, 0.5) is 0 Å². The summed E-state index contributed by atoms with van der Waals surface area (Å²) in [6.07, 6.45) is 9.11. The Morgan fingerprint density at radius 1 is 1.33 bits per heavy atom. The molecule has 0 amide bonds. The normalized spacial score (nSPS) is 49.9. The second-order valence-corrected chi connectivity index (χ2v) is 9.27. The maximum Gasteiger partial charge on any atom is 0.311 e. The third-order valence-corrected chi connectivity index (χ3v) is 8.13. The second kappa shape index (κ2) is 4.97. The van der Waals surface area contributed by atoms with Gasteiger partial charge in [-0.2, -0.15) is 0 Å². The summed E-state index contributed by atoms with van der Waals surface area (Å²) >= 11 is 0. The van der Waals surface area contributed by atoms with E-state index < -0.39 is 11.5 Å². The number of aliphatic hydroxyl groups is 1. The number of allylic oxidation sites excluding steroid dienone is 1. The Balaban J connectivity index is 1.80. The highest BCUT2D eigenvalue weighted by Crippen LogP contribution is 2.70. The molecule has 4 rings (SSSR count). The van der Waals surface area contributed by atoms with Crippen molar-refractivity contribution in [1.29, 1.82) is 0 Å².